The second-order valence-electron chi connectivity index (χ2n) is 5.13. The molecule has 0 aliphatic heterocycles. The van der Waals surface area contributed by atoms with Gasteiger partial charge in [0, 0.05) is 6.42 Å². The Morgan fingerprint density at radius 2 is 1.88 bits per heavy atom. The summed E-state index contributed by atoms with van der Waals surface area (Å²) in [6, 6.07) is 11.9. The Morgan fingerprint density at radius 1 is 1.15 bits per heavy atom. The zero-order valence-corrected chi connectivity index (χ0v) is 15.0. The molecular weight excluding hydrogens is 358 g/mol. The minimum absolute atomic E-state index is 0.456. The van der Waals surface area contributed by atoms with E-state index in [1.54, 1.807) is 31.4 Å². The van der Waals surface area contributed by atoms with E-state index in [0.717, 1.165) is 5.56 Å². The number of hydrogen-bond acceptors (Lipinski definition) is 5. The Bertz CT molecular complexity index is 768. The van der Waals surface area contributed by atoms with Crippen molar-refractivity contribution >= 4 is 23.8 Å². The molecule has 0 heterocycles. The molecule has 0 spiro atoms. The van der Waals surface area contributed by atoms with Gasteiger partial charge in [-0.05, 0) is 35.9 Å². The fraction of sp³-hybridized carbons (Fsp3) is 0.222. The highest BCUT2D eigenvalue weighted by Crippen LogP contribution is 2.28. The quantitative estimate of drug-likeness (QED) is 0.398. The zero-order valence-electron chi connectivity index (χ0n) is 14.3. The number of hydrazone groups is 1. The van der Waals surface area contributed by atoms with Crippen molar-refractivity contribution in [3.8, 4) is 17.2 Å². The van der Waals surface area contributed by atoms with E-state index in [1.807, 2.05) is 18.2 Å². The minimum atomic E-state index is -0.729. The summed E-state index contributed by atoms with van der Waals surface area (Å²) < 4.78 is 16.6. The molecule has 2 aromatic rings. The third kappa shape index (κ3) is 6.18. The molecule has 2 rings (SSSR count). The average Bonchev–Trinajstić information content (AvgIpc) is 2.63. The number of rotatable bonds is 9. The van der Waals surface area contributed by atoms with Crippen LogP contribution in [-0.2, 0) is 0 Å². The van der Waals surface area contributed by atoms with Gasteiger partial charge in [-0.3, -0.25) is 0 Å². The van der Waals surface area contributed by atoms with Gasteiger partial charge < -0.3 is 19.9 Å². The number of methoxy groups -OCH3 is 1. The van der Waals surface area contributed by atoms with Crippen LogP contribution in [-0.4, -0.2) is 32.6 Å². The molecule has 0 radical (unpaired) electrons. The molecule has 26 heavy (non-hydrogen) atoms. The Hall–Kier alpha value is -2.93. The van der Waals surface area contributed by atoms with Gasteiger partial charge in [0.25, 0.3) is 0 Å². The number of carbonyl (C=O) groups is 1. The van der Waals surface area contributed by atoms with Crippen molar-refractivity contribution < 1.29 is 19.0 Å². The lowest BCUT2D eigenvalue weighted by atomic mass is 10.2. The van der Waals surface area contributed by atoms with E-state index in [0.29, 0.717) is 41.9 Å². The molecule has 3 N–H and O–H groups in total. The van der Waals surface area contributed by atoms with Crippen LogP contribution in [0.4, 0.5) is 4.79 Å². The second-order valence-corrected chi connectivity index (χ2v) is 5.53. The number of ether oxygens (including phenoxy) is 3. The van der Waals surface area contributed by atoms with Gasteiger partial charge in [0.2, 0.25) is 0 Å². The minimum Gasteiger partial charge on any atom is -0.493 e. The number of benzene rings is 2. The molecule has 0 aliphatic carbocycles. The highest BCUT2D eigenvalue weighted by atomic mass is 35.5. The summed E-state index contributed by atoms with van der Waals surface area (Å²) >= 11 is 6.03. The van der Waals surface area contributed by atoms with Gasteiger partial charge in [-0.25, -0.2) is 10.2 Å². The molecule has 0 unspecified atom stereocenters. The first-order chi connectivity index (χ1) is 12.6. The number of para-hydroxylation sites is 1. The van der Waals surface area contributed by atoms with Gasteiger partial charge in [0.15, 0.2) is 11.5 Å². The van der Waals surface area contributed by atoms with E-state index in [1.165, 1.54) is 6.21 Å². The van der Waals surface area contributed by atoms with Gasteiger partial charge in [-0.2, -0.15) is 5.10 Å². The lowest BCUT2D eigenvalue weighted by Gasteiger charge is -2.12. The Morgan fingerprint density at radius 3 is 2.58 bits per heavy atom. The van der Waals surface area contributed by atoms with Crippen LogP contribution in [0.25, 0.3) is 0 Å². The number of carbonyl (C=O) groups excluding carboxylic acids is 1. The predicted molar refractivity (Wildman–Crippen MR) is 100 cm³/mol. The largest absolute Gasteiger partial charge is 0.493 e. The fourth-order valence-corrected chi connectivity index (χ4v) is 2.23. The maximum absolute atomic E-state index is 10.6. The first-order valence-corrected chi connectivity index (χ1v) is 8.24. The molecule has 8 heteroatoms. The normalized spacial score (nSPS) is 10.5. The molecule has 138 valence electrons. The van der Waals surface area contributed by atoms with Crippen molar-refractivity contribution in [2.24, 2.45) is 10.8 Å². The van der Waals surface area contributed by atoms with Crippen molar-refractivity contribution in [2.45, 2.75) is 6.42 Å². The summed E-state index contributed by atoms with van der Waals surface area (Å²) in [6.07, 6.45) is 2.13. The van der Waals surface area contributed by atoms with Gasteiger partial charge in [0.05, 0.1) is 31.6 Å². The third-order valence-corrected chi connectivity index (χ3v) is 3.53. The standard InChI is InChI=1S/C18H20ClN3O4/c1-24-17-11-13(12-21-22-18(20)23)7-8-16(17)26-10-4-9-25-15-6-3-2-5-14(15)19/h2-3,5-8,11-12H,4,9-10H2,1H3,(H3,20,22,23)/b21-12+. The van der Waals surface area contributed by atoms with E-state index in [9.17, 15) is 4.79 Å². The maximum Gasteiger partial charge on any atom is 0.332 e. The predicted octanol–water partition coefficient (Wildman–Crippen LogP) is 3.20. The molecule has 2 aromatic carbocycles. The highest BCUT2D eigenvalue weighted by Gasteiger charge is 2.06. The van der Waals surface area contributed by atoms with Gasteiger partial charge in [-0.15, -0.1) is 0 Å². The summed E-state index contributed by atoms with van der Waals surface area (Å²) in [5, 5.41) is 4.28. The summed E-state index contributed by atoms with van der Waals surface area (Å²) in [6.45, 7) is 0.938. The zero-order chi connectivity index (χ0) is 18.8. The molecule has 2 amide bonds. The van der Waals surface area contributed by atoms with E-state index in [2.05, 4.69) is 10.5 Å². The van der Waals surface area contributed by atoms with Crippen LogP contribution in [0.15, 0.2) is 47.6 Å². The maximum atomic E-state index is 10.6. The molecule has 0 aliphatic rings. The SMILES string of the molecule is COc1cc(/C=N/NC(N)=O)ccc1OCCCOc1ccccc1Cl. The summed E-state index contributed by atoms with van der Waals surface area (Å²) in [5.74, 6) is 1.81. The number of primary amides is 1. The molecular formula is C18H20ClN3O4. The number of nitrogens with zero attached hydrogens (tertiary/aromatic N) is 1. The molecule has 0 saturated carbocycles. The number of hydrogen-bond donors (Lipinski definition) is 2. The highest BCUT2D eigenvalue weighted by molar-refractivity contribution is 6.32. The summed E-state index contributed by atoms with van der Waals surface area (Å²) in [7, 11) is 1.55. The van der Waals surface area contributed by atoms with E-state index < -0.39 is 6.03 Å². The molecule has 0 bridgehead atoms. The Labute approximate surface area is 156 Å². The van der Waals surface area contributed by atoms with Crippen LogP contribution in [0.2, 0.25) is 5.02 Å². The van der Waals surface area contributed by atoms with E-state index in [-0.39, 0.29) is 0 Å². The monoisotopic (exact) mass is 377 g/mol. The fourth-order valence-electron chi connectivity index (χ4n) is 2.04. The number of nitrogens with one attached hydrogen (secondary N) is 1. The molecule has 0 fully saturated rings. The van der Waals surface area contributed by atoms with Crippen LogP contribution in [0, 0.1) is 0 Å². The van der Waals surface area contributed by atoms with Crippen LogP contribution in [0.1, 0.15) is 12.0 Å². The Balaban J connectivity index is 1.82. The van der Waals surface area contributed by atoms with Gasteiger partial charge >= 0.3 is 6.03 Å². The molecule has 0 aromatic heterocycles. The topological polar surface area (TPSA) is 95.2 Å². The van der Waals surface area contributed by atoms with Crippen molar-refractivity contribution in [3.63, 3.8) is 0 Å². The van der Waals surface area contributed by atoms with Gasteiger partial charge in [0.1, 0.15) is 5.75 Å². The number of nitrogens with two attached hydrogens (primary N) is 1. The molecule has 7 nitrogen and oxygen atoms in total. The second kappa shape index (κ2) is 10.1. The van der Waals surface area contributed by atoms with E-state index in [4.69, 9.17) is 31.5 Å². The van der Waals surface area contributed by atoms with Gasteiger partial charge in [-0.1, -0.05) is 23.7 Å². The average molecular weight is 378 g/mol. The van der Waals surface area contributed by atoms with E-state index >= 15 is 0 Å². The van der Waals surface area contributed by atoms with Crippen molar-refractivity contribution in [2.75, 3.05) is 20.3 Å². The smallest absolute Gasteiger partial charge is 0.332 e. The first kappa shape index (κ1) is 19.4. The van der Waals surface area contributed by atoms with Crippen molar-refractivity contribution in [3.05, 3.63) is 53.1 Å². The van der Waals surface area contributed by atoms with Crippen LogP contribution in [0.3, 0.4) is 0 Å². The lowest BCUT2D eigenvalue weighted by molar-refractivity contribution is 0.240. The first-order valence-electron chi connectivity index (χ1n) is 7.87. The summed E-state index contributed by atoms with van der Waals surface area (Å²) in [5.41, 5.74) is 7.79. The van der Waals surface area contributed by atoms with Crippen LogP contribution >= 0.6 is 11.6 Å². The summed E-state index contributed by atoms with van der Waals surface area (Å²) in [4.78, 5) is 10.6. The molecule has 0 atom stereocenters. The lowest BCUT2D eigenvalue weighted by Crippen LogP contribution is -2.24. The Kier molecular flexibility index (Phi) is 7.57. The number of amides is 2. The van der Waals surface area contributed by atoms with Crippen LogP contribution in [0.5, 0.6) is 17.2 Å². The third-order valence-electron chi connectivity index (χ3n) is 3.22. The molecule has 0 saturated heterocycles. The number of halogens is 1. The van der Waals surface area contributed by atoms with Crippen molar-refractivity contribution in [1.29, 1.82) is 0 Å². The van der Waals surface area contributed by atoms with Crippen LogP contribution < -0.4 is 25.4 Å². The van der Waals surface area contributed by atoms with Crippen molar-refractivity contribution in [1.82, 2.24) is 5.43 Å². The number of urea groups is 1.